The largest absolute Gasteiger partial charge is 0.482 e. The van der Waals surface area contributed by atoms with Gasteiger partial charge in [-0.1, -0.05) is 25.3 Å². The highest BCUT2D eigenvalue weighted by molar-refractivity contribution is 5.47. The Morgan fingerprint density at radius 2 is 2.11 bits per heavy atom. The summed E-state index contributed by atoms with van der Waals surface area (Å²) in [5.74, 6) is 0. The third-order valence-electron chi connectivity index (χ3n) is 0.654. The lowest BCUT2D eigenvalue weighted by Gasteiger charge is -1.76. The van der Waals surface area contributed by atoms with Gasteiger partial charge in [0.15, 0.2) is 6.40 Å². The van der Waals surface area contributed by atoms with Gasteiger partial charge in [-0.25, -0.2) is 0 Å². The predicted octanol–water partition coefficient (Wildman–Crippen LogP) is 1.40. The van der Waals surface area contributed by atoms with Crippen LogP contribution in [0.25, 0.3) is 0 Å². The fraction of sp³-hybridized carbons (Fsp3) is 0.286. The van der Waals surface area contributed by atoms with E-state index in [9.17, 15) is 0 Å². The zero-order chi connectivity index (χ0) is 6.95. The van der Waals surface area contributed by atoms with Gasteiger partial charge in [0.1, 0.15) is 6.61 Å². The highest BCUT2D eigenvalue weighted by atomic mass is 16.5. The van der Waals surface area contributed by atoms with E-state index < -0.39 is 0 Å². The molecular weight excluding hydrogens is 114 g/mol. The van der Waals surface area contributed by atoms with Gasteiger partial charge in [-0.15, -0.1) is 0 Å². The van der Waals surface area contributed by atoms with E-state index >= 15 is 0 Å². The van der Waals surface area contributed by atoms with E-state index in [-0.39, 0.29) is 0 Å². The normalized spacial score (nSPS) is 12.9. The molecule has 0 bridgehead atoms. The second-order valence-corrected chi connectivity index (χ2v) is 1.35. The summed E-state index contributed by atoms with van der Waals surface area (Å²) in [6.45, 7) is 8.35. The molecule has 1 heterocycles. The van der Waals surface area contributed by atoms with Gasteiger partial charge in [-0.05, 0) is 0 Å². The van der Waals surface area contributed by atoms with Crippen LogP contribution in [0.4, 0.5) is 0 Å². The second kappa shape index (κ2) is 6.95. The molecule has 0 fully saturated rings. The molecule has 2 heteroatoms. The van der Waals surface area contributed by atoms with E-state index in [0.29, 0.717) is 0 Å². The summed E-state index contributed by atoms with van der Waals surface area (Å²) < 4.78 is 4.65. The Hall–Kier alpha value is -1.05. The van der Waals surface area contributed by atoms with Crippen LogP contribution in [0.2, 0.25) is 0 Å². The van der Waals surface area contributed by atoms with Crippen LogP contribution in [0.5, 0.6) is 0 Å². The first-order valence-electron chi connectivity index (χ1n) is 2.75. The molecule has 1 rings (SSSR count). The third kappa shape index (κ3) is 6.95. The van der Waals surface area contributed by atoms with E-state index in [2.05, 4.69) is 22.9 Å². The predicted molar refractivity (Wildman–Crippen MR) is 39.7 cm³/mol. The Bertz CT molecular complexity index is 95.5. The number of rotatable bonds is 1. The standard InChI is InChI=1S/C4H6.C3H5NO/c1-3-4-2;1-2-5-3-4-1/h3-4H,1-2H2;3H,1-2H2. The van der Waals surface area contributed by atoms with Crippen LogP contribution in [0.15, 0.2) is 30.3 Å². The Labute approximate surface area is 55.6 Å². The summed E-state index contributed by atoms with van der Waals surface area (Å²) in [5.41, 5.74) is 0. The van der Waals surface area contributed by atoms with Gasteiger partial charge >= 0.3 is 0 Å². The number of hydrogen-bond donors (Lipinski definition) is 0. The molecule has 1 aliphatic rings. The lowest BCUT2D eigenvalue weighted by atomic mass is 10.6. The number of aliphatic imine (C=N–C) groups is 1. The molecule has 0 amide bonds. The molecule has 0 aromatic heterocycles. The summed E-state index contributed by atoms with van der Waals surface area (Å²) in [7, 11) is 0. The maximum absolute atomic E-state index is 4.65. The van der Waals surface area contributed by atoms with Crippen molar-refractivity contribution in [1.29, 1.82) is 0 Å². The highest BCUT2D eigenvalue weighted by Crippen LogP contribution is 1.78. The molecule has 0 unspecified atom stereocenters. The summed E-state index contributed by atoms with van der Waals surface area (Å²) in [5, 5.41) is 0. The van der Waals surface area contributed by atoms with Crippen LogP contribution in [0.1, 0.15) is 0 Å². The molecule has 0 aromatic rings. The van der Waals surface area contributed by atoms with Gasteiger partial charge in [0.25, 0.3) is 0 Å². The van der Waals surface area contributed by atoms with E-state index in [0.717, 1.165) is 13.2 Å². The molecule has 0 saturated carbocycles. The van der Waals surface area contributed by atoms with Crippen LogP contribution in [-0.4, -0.2) is 19.6 Å². The summed E-state index contributed by atoms with van der Waals surface area (Å²) in [6, 6.07) is 0. The summed E-state index contributed by atoms with van der Waals surface area (Å²) in [6.07, 6.45) is 4.76. The van der Waals surface area contributed by atoms with Gasteiger partial charge in [0, 0.05) is 0 Å². The van der Waals surface area contributed by atoms with Crippen molar-refractivity contribution in [2.45, 2.75) is 0 Å². The molecule has 0 atom stereocenters. The molecule has 1 aliphatic heterocycles. The van der Waals surface area contributed by atoms with Crippen LogP contribution >= 0.6 is 0 Å². The van der Waals surface area contributed by atoms with Crippen molar-refractivity contribution < 1.29 is 4.74 Å². The first kappa shape index (κ1) is 7.95. The average Bonchev–Trinajstić information content (AvgIpc) is 2.43. The van der Waals surface area contributed by atoms with E-state index in [1.807, 2.05) is 0 Å². The highest BCUT2D eigenvalue weighted by Gasteiger charge is 1.84. The monoisotopic (exact) mass is 125 g/mol. The van der Waals surface area contributed by atoms with Crippen LogP contribution in [0.3, 0.4) is 0 Å². The Morgan fingerprint density at radius 1 is 1.44 bits per heavy atom. The molecule has 0 aromatic carbocycles. The lowest BCUT2D eigenvalue weighted by molar-refractivity contribution is 0.361. The van der Waals surface area contributed by atoms with Gasteiger partial charge in [0.2, 0.25) is 0 Å². The summed E-state index contributed by atoms with van der Waals surface area (Å²) in [4.78, 5) is 3.74. The Kier molecular flexibility index (Phi) is 6.14. The van der Waals surface area contributed by atoms with Gasteiger partial charge in [0.05, 0.1) is 6.54 Å². The first-order valence-corrected chi connectivity index (χ1v) is 2.75. The van der Waals surface area contributed by atoms with Crippen molar-refractivity contribution in [3.63, 3.8) is 0 Å². The smallest absolute Gasteiger partial charge is 0.169 e. The zero-order valence-electron chi connectivity index (χ0n) is 5.42. The van der Waals surface area contributed by atoms with Gasteiger partial charge in [-0.2, -0.15) is 0 Å². The molecule has 0 radical (unpaired) electrons. The van der Waals surface area contributed by atoms with E-state index in [1.54, 1.807) is 12.2 Å². The van der Waals surface area contributed by atoms with Crippen molar-refractivity contribution in [3.05, 3.63) is 25.3 Å². The maximum atomic E-state index is 4.65. The lowest BCUT2D eigenvalue weighted by Crippen LogP contribution is -1.80. The molecular formula is C7H11NO. The van der Waals surface area contributed by atoms with Crippen LogP contribution < -0.4 is 0 Å². The van der Waals surface area contributed by atoms with E-state index in [4.69, 9.17) is 0 Å². The summed E-state index contributed by atoms with van der Waals surface area (Å²) >= 11 is 0. The Balaban J connectivity index is 0.000000148. The zero-order valence-corrected chi connectivity index (χ0v) is 5.42. The van der Waals surface area contributed by atoms with Crippen LogP contribution in [-0.2, 0) is 4.74 Å². The van der Waals surface area contributed by atoms with Crippen molar-refractivity contribution in [2.24, 2.45) is 4.99 Å². The minimum atomic E-state index is 0.778. The SMILES string of the molecule is C1=NCCO1.C=CC=C. The fourth-order valence-electron chi connectivity index (χ4n) is 0.264. The van der Waals surface area contributed by atoms with Crippen molar-refractivity contribution >= 4 is 6.40 Å². The fourth-order valence-corrected chi connectivity index (χ4v) is 0.264. The molecule has 50 valence electrons. The number of hydrogen-bond acceptors (Lipinski definition) is 2. The minimum Gasteiger partial charge on any atom is -0.482 e. The number of ether oxygens (including phenoxy) is 1. The van der Waals surface area contributed by atoms with Gasteiger partial charge < -0.3 is 4.74 Å². The van der Waals surface area contributed by atoms with Crippen molar-refractivity contribution in [3.8, 4) is 0 Å². The third-order valence-corrected chi connectivity index (χ3v) is 0.654. The second-order valence-electron chi connectivity index (χ2n) is 1.35. The molecule has 2 nitrogen and oxygen atoms in total. The number of allylic oxidation sites excluding steroid dienone is 2. The van der Waals surface area contributed by atoms with Crippen molar-refractivity contribution in [2.75, 3.05) is 13.2 Å². The van der Waals surface area contributed by atoms with E-state index in [1.165, 1.54) is 6.40 Å². The first-order chi connectivity index (χ1) is 4.41. The van der Waals surface area contributed by atoms with Crippen molar-refractivity contribution in [1.82, 2.24) is 0 Å². The maximum Gasteiger partial charge on any atom is 0.169 e. The molecule has 0 N–H and O–H groups in total. The quantitative estimate of drug-likeness (QED) is 0.485. The topological polar surface area (TPSA) is 21.6 Å². The molecule has 0 saturated heterocycles. The minimum absolute atomic E-state index is 0.778. The molecule has 9 heavy (non-hydrogen) atoms. The average molecular weight is 125 g/mol. The van der Waals surface area contributed by atoms with Crippen LogP contribution in [0, 0.1) is 0 Å². The van der Waals surface area contributed by atoms with Gasteiger partial charge in [-0.3, -0.25) is 4.99 Å². The number of nitrogens with zero attached hydrogens (tertiary/aromatic N) is 1. The Morgan fingerprint density at radius 3 is 2.22 bits per heavy atom. The molecule has 0 aliphatic carbocycles. The molecule has 0 spiro atoms.